The zero-order valence-electron chi connectivity index (χ0n) is 14.5. The Morgan fingerprint density at radius 3 is 2.32 bits per heavy atom. The second kappa shape index (κ2) is 6.42. The number of hydrogen-bond donors (Lipinski definition) is 0. The highest BCUT2D eigenvalue weighted by atomic mass is 32.2. The molecule has 1 aromatic carbocycles. The topological polar surface area (TPSA) is 78.0 Å². The molecule has 1 atom stereocenters. The van der Waals surface area contributed by atoms with Crippen LogP contribution in [0, 0.1) is 5.41 Å². The van der Waals surface area contributed by atoms with Crippen molar-refractivity contribution in [1.29, 1.82) is 0 Å². The molecular formula is C17H23N3O4S. The molecule has 2 amide bonds. The fourth-order valence-electron chi connectivity index (χ4n) is 3.75. The van der Waals surface area contributed by atoms with E-state index in [4.69, 9.17) is 0 Å². The van der Waals surface area contributed by atoms with Gasteiger partial charge in [0.2, 0.25) is 21.8 Å². The van der Waals surface area contributed by atoms with Crippen LogP contribution >= 0.6 is 0 Å². The van der Waals surface area contributed by atoms with Crippen LogP contribution < -0.4 is 0 Å². The second-order valence-electron chi connectivity index (χ2n) is 7.02. The number of carbonyl (C=O) groups excluding carboxylic acids is 2. The molecule has 2 heterocycles. The number of likely N-dealkylation sites (tertiary alicyclic amines) is 1. The standard InChI is InChI=1S/C17H23N3O4S/c1-14(21)19-8-9-20(25(23,24)15-6-4-3-5-7-15)13-17(12-19)10-16(22)18(2)11-17/h3-7H,8-13H2,1-2H3. The predicted octanol–water partition coefficient (Wildman–Crippen LogP) is 0.388. The number of hydrogen-bond acceptors (Lipinski definition) is 4. The summed E-state index contributed by atoms with van der Waals surface area (Å²) in [5, 5.41) is 0. The third-order valence-electron chi connectivity index (χ3n) is 5.01. The van der Waals surface area contributed by atoms with Gasteiger partial charge in [-0.25, -0.2) is 8.42 Å². The summed E-state index contributed by atoms with van der Waals surface area (Å²) in [6, 6.07) is 8.29. The van der Waals surface area contributed by atoms with Gasteiger partial charge in [-0.3, -0.25) is 9.59 Å². The lowest BCUT2D eigenvalue weighted by molar-refractivity contribution is -0.130. The average Bonchev–Trinajstić information content (AvgIpc) is 2.73. The first-order valence-corrected chi connectivity index (χ1v) is 9.72. The highest BCUT2D eigenvalue weighted by Gasteiger charge is 2.47. The Hall–Kier alpha value is -1.93. The molecule has 2 saturated heterocycles. The molecule has 1 aromatic rings. The SMILES string of the molecule is CC(=O)N1CCN(S(=O)(=O)c2ccccc2)CC2(CC(=O)N(C)C2)C1. The minimum atomic E-state index is -3.67. The van der Waals surface area contributed by atoms with E-state index in [-0.39, 0.29) is 36.2 Å². The Labute approximate surface area is 148 Å². The van der Waals surface area contributed by atoms with Crippen LogP contribution in [-0.2, 0) is 19.6 Å². The van der Waals surface area contributed by atoms with E-state index in [1.165, 1.54) is 11.2 Å². The van der Waals surface area contributed by atoms with Crippen LogP contribution in [0.5, 0.6) is 0 Å². The van der Waals surface area contributed by atoms with Gasteiger partial charge in [-0.05, 0) is 12.1 Å². The summed E-state index contributed by atoms with van der Waals surface area (Å²) in [4.78, 5) is 27.6. The normalized spacial score (nSPS) is 25.4. The van der Waals surface area contributed by atoms with Gasteiger partial charge < -0.3 is 9.80 Å². The number of sulfonamides is 1. The molecule has 25 heavy (non-hydrogen) atoms. The van der Waals surface area contributed by atoms with Crippen molar-refractivity contribution >= 4 is 21.8 Å². The maximum atomic E-state index is 13.0. The summed E-state index contributed by atoms with van der Waals surface area (Å²) in [5.74, 6) is -0.109. The molecule has 2 aliphatic heterocycles. The fourth-order valence-corrected chi connectivity index (χ4v) is 5.31. The summed E-state index contributed by atoms with van der Waals surface area (Å²) in [6.45, 7) is 3.15. The van der Waals surface area contributed by atoms with Gasteiger partial charge in [-0.15, -0.1) is 0 Å². The Kier molecular flexibility index (Phi) is 4.59. The molecular weight excluding hydrogens is 342 g/mol. The fraction of sp³-hybridized carbons (Fsp3) is 0.529. The number of nitrogens with zero attached hydrogens (tertiary/aromatic N) is 3. The smallest absolute Gasteiger partial charge is 0.243 e. The predicted molar refractivity (Wildman–Crippen MR) is 92.1 cm³/mol. The van der Waals surface area contributed by atoms with Gasteiger partial charge >= 0.3 is 0 Å². The Bertz CT molecular complexity index is 780. The maximum Gasteiger partial charge on any atom is 0.243 e. The van der Waals surface area contributed by atoms with Crippen molar-refractivity contribution in [2.24, 2.45) is 5.41 Å². The Morgan fingerprint density at radius 2 is 1.76 bits per heavy atom. The van der Waals surface area contributed by atoms with Crippen molar-refractivity contribution in [3.63, 3.8) is 0 Å². The molecule has 0 N–H and O–H groups in total. The second-order valence-corrected chi connectivity index (χ2v) is 8.96. The monoisotopic (exact) mass is 365 g/mol. The lowest BCUT2D eigenvalue weighted by Crippen LogP contribution is -2.44. The quantitative estimate of drug-likeness (QED) is 0.759. The van der Waals surface area contributed by atoms with E-state index >= 15 is 0 Å². The van der Waals surface area contributed by atoms with Crippen LogP contribution in [0.4, 0.5) is 0 Å². The maximum absolute atomic E-state index is 13.0. The first kappa shape index (κ1) is 17.9. The van der Waals surface area contributed by atoms with Crippen molar-refractivity contribution in [3.8, 4) is 0 Å². The van der Waals surface area contributed by atoms with E-state index in [0.717, 1.165) is 0 Å². The van der Waals surface area contributed by atoms with Crippen LogP contribution in [0.1, 0.15) is 13.3 Å². The number of rotatable bonds is 2. The van der Waals surface area contributed by atoms with Gasteiger partial charge in [-0.2, -0.15) is 4.31 Å². The lowest BCUT2D eigenvalue weighted by atomic mass is 9.86. The lowest BCUT2D eigenvalue weighted by Gasteiger charge is -2.32. The molecule has 0 aliphatic carbocycles. The molecule has 7 nitrogen and oxygen atoms in total. The molecule has 8 heteroatoms. The average molecular weight is 365 g/mol. The summed E-state index contributed by atoms with van der Waals surface area (Å²) < 4.78 is 27.5. The highest BCUT2D eigenvalue weighted by Crippen LogP contribution is 2.36. The van der Waals surface area contributed by atoms with Crippen molar-refractivity contribution in [2.75, 3.05) is 39.8 Å². The summed E-state index contributed by atoms with van der Waals surface area (Å²) in [7, 11) is -1.95. The van der Waals surface area contributed by atoms with Crippen molar-refractivity contribution in [1.82, 2.24) is 14.1 Å². The molecule has 0 saturated carbocycles. The third-order valence-corrected chi connectivity index (χ3v) is 6.87. The molecule has 2 fully saturated rings. The highest BCUT2D eigenvalue weighted by molar-refractivity contribution is 7.89. The van der Waals surface area contributed by atoms with E-state index in [9.17, 15) is 18.0 Å². The van der Waals surface area contributed by atoms with Gasteiger partial charge in [-0.1, -0.05) is 18.2 Å². The van der Waals surface area contributed by atoms with Crippen LogP contribution in [0.3, 0.4) is 0 Å². The third kappa shape index (κ3) is 3.41. The van der Waals surface area contributed by atoms with Gasteiger partial charge in [0.1, 0.15) is 0 Å². The van der Waals surface area contributed by atoms with E-state index in [2.05, 4.69) is 0 Å². The Morgan fingerprint density at radius 1 is 1.08 bits per heavy atom. The largest absolute Gasteiger partial charge is 0.345 e. The van der Waals surface area contributed by atoms with E-state index in [0.29, 0.717) is 19.6 Å². The summed E-state index contributed by atoms with van der Waals surface area (Å²) >= 11 is 0. The minimum Gasteiger partial charge on any atom is -0.345 e. The molecule has 0 bridgehead atoms. The molecule has 2 aliphatic rings. The van der Waals surface area contributed by atoms with Gasteiger partial charge in [0.25, 0.3) is 0 Å². The molecule has 136 valence electrons. The van der Waals surface area contributed by atoms with Crippen LogP contribution in [-0.4, -0.2) is 74.1 Å². The summed E-state index contributed by atoms with van der Waals surface area (Å²) in [6.07, 6.45) is 0.258. The molecule has 0 radical (unpaired) electrons. The first-order chi connectivity index (χ1) is 11.7. The molecule has 1 spiro atoms. The first-order valence-electron chi connectivity index (χ1n) is 8.28. The summed E-state index contributed by atoms with van der Waals surface area (Å²) in [5.41, 5.74) is -0.560. The van der Waals surface area contributed by atoms with Crippen LogP contribution in [0.15, 0.2) is 35.2 Å². The molecule has 3 rings (SSSR count). The number of carbonyl (C=O) groups is 2. The van der Waals surface area contributed by atoms with Crippen LogP contribution in [0.2, 0.25) is 0 Å². The van der Waals surface area contributed by atoms with Crippen molar-refractivity contribution < 1.29 is 18.0 Å². The van der Waals surface area contributed by atoms with Crippen molar-refractivity contribution in [3.05, 3.63) is 30.3 Å². The van der Waals surface area contributed by atoms with E-state index in [1.54, 1.807) is 47.2 Å². The van der Waals surface area contributed by atoms with E-state index < -0.39 is 15.4 Å². The number of benzene rings is 1. The zero-order valence-corrected chi connectivity index (χ0v) is 15.3. The van der Waals surface area contributed by atoms with Gasteiger partial charge in [0, 0.05) is 58.5 Å². The molecule has 0 aromatic heterocycles. The Balaban J connectivity index is 1.96. The minimum absolute atomic E-state index is 0.0116. The van der Waals surface area contributed by atoms with Crippen LogP contribution in [0.25, 0.3) is 0 Å². The van der Waals surface area contributed by atoms with E-state index in [1.807, 2.05) is 0 Å². The number of amides is 2. The molecule has 1 unspecified atom stereocenters. The zero-order chi connectivity index (χ0) is 18.2. The van der Waals surface area contributed by atoms with Crippen molar-refractivity contribution in [2.45, 2.75) is 18.2 Å². The van der Waals surface area contributed by atoms with Gasteiger partial charge in [0.05, 0.1) is 4.90 Å². The van der Waals surface area contributed by atoms with Gasteiger partial charge in [0.15, 0.2) is 0 Å².